The Bertz CT molecular complexity index is 902. The van der Waals surface area contributed by atoms with Gasteiger partial charge in [0.1, 0.15) is 6.61 Å². The fourth-order valence-corrected chi connectivity index (χ4v) is 2.68. The van der Waals surface area contributed by atoms with Crippen molar-refractivity contribution in [2.45, 2.75) is 6.10 Å². The minimum Gasteiger partial charge on any atom is -0.867 e. The molecule has 1 amide bonds. The van der Waals surface area contributed by atoms with E-state index in [4.69, 9.17) is 9.47 Å². The second-order valence-corrected chi connectivity index (χ2v) is 6.11. The SMILES string of the molecule is O=C(N/N=C\c1cc(Br)cc([N+](=O)[O-])c1[O-])[C@H]1COc2ccccc2O1. The summed E-state index contributed by atoms with van der Waals surface area (Å²) in [6.45, 7) is 0.00747. The van der Waals surface area contributed by atoms with Crippen LogP contribution in [0, 0.1) is 10.1 Å². The number of para-hydroxylation sites is 2. The standard InChI is InChI=1S/C16H12BrN3O6/c17-10-5-9(15(21)11(6-10)20(23)24)7-18-19-16(22)14-8-25-12-3-1-2-4-13(12)26-14/h1-7,14,21H,8H2,(H,19,22)/p-1/b18-7-/t14-/m1/s1. The number of nitro benzene ring substituents is 1. The zero-order chi connectivity index (χ0) is 18.7. The molecule has 0 aliphatic carbocycles. The van der Waals surface area contributed by atoms with Crippen LogP contribution in [0.1, 0.15) is 5.56 Å². The molecule has 0 bridgehead atoms. The highest BCUT2D eigenvalue weighted by molar-refractivity contribution is 9.10. The van der Waals surface area contributed by atoms with Gasteiger partial charge in [-0.15, -0.1) is 0 Å². The number of nitrogens with one attached hydrogen (secondary N) is 1. The molecular weight excluding hydrogens is 410 g/mol. The average Bonchev–Trinajstić information content (AvgIpc) is 2.63. The van der Waals surface area contributed by atoms with Gasteiger partial charge in [-0.25, -0.2) is 5.43 Å². The first-order chi connectivity index (χ1) is 12.5. The monoisotopic (exact) mass is 420 g/mol. The number of carbonyl (C=O) groups is 1. The summed E-state index contributed by atoms with van der Waals surface area (Å²) in [6.07, 6.45) is 0.126. The lowest BCUT2D eigenvalue weighted by Crippen LogP contribution is -2.42. The van der Waals surface area contributed by atoms with Gasteiger partial charge in [-0.2, -0.15) is 5.10 Å². The maximum atomic E-state index is 12.1. The van der Waals surface area contributed by atoms with Crippen molar-refractivity contribution in [3.8, 4) is 17.2 Å². The van der Waals surface area contributed by atoms with E-state index in [0.717, 1.165) is 12.3 Å². The normalized spacial score (nSPS) is 15.7. The van der Waals surface area contributed by atoms with Crippen molar-refractivity contribution in [2.75, 3.05) is 6.61 Å². The molecule has 2 aromatic carbocycles. The number of hydrazone groups is 1. The molecule has 0 saturated heterocycles. The minimum atomic E-state index is -0.911. The molecule has 9 nitrogen and oxygen atoms in total. The van der Waals surface area contributed by atoms with Crippen LogP contribution in [0.5, 0.6) is 17.2 Å². The summed E-state index contributed by atoms with van der Waals surface area (Å²) in [4.78, 5) is 22.2. The molecule has 0 fully saturated rings. The maximum absolute atomic E-state index is 12.1. The lowest BCUT2D eigenvalue weighted by Gasteiger charge is -2.24. The van der Waals surface area contributed by atoms with Crippen molar-refractivity contribution < 1.29 is 24.3 Å². The van der Waals surface area contributed by atoms with Crippen molar-refractivity contribution in [1.82, 2.24) is 5.43 Å². The summed E-state index contributed by atoms with van der Waals surface area (Å²) < 4.78 is 11.3. The number of nitrogens with zero attached hydrogens (tertiary/aromatic N) is 2. The third-order valence-corrected chi connectivity index (χ3v) is 3.90. The molecule has 0 spiro atoms. The number of amides is 1. The Morgan fingerprint density at radius 2 is 2.08 bits per heavy atom. The Morgan fingerprint density at radius 1 is 1.35 bits per heavy atom. The fourth-order valence-electron chi connectivity index (χ4n) is 2.22. The Hall–Kier alpha value is -3.14. The predicted molar refractivity (Wildman–Crippen MR) is 92.3 cm³/mol. The predicted octanol–water partition coefficient (Wildman–Crippen LogP) is 1.72. The van der Waals surface area contributed by atoms with E-state index >= 15 is 0 Å². The third kappa shape index (κ3) is 3.75. The van der Waals surface area contributed by atoms with Gasteiger partial charge >= 0.3 is 0 Å². The first-order valence-corrected chi connectivity index (χ1v) is 8.11. The zero-order valence-corrected chi connectivity index (χ0v) is 14.6. The first-order valence-electron chi connectivity index (χ1n) is 7.32. The molecule has 26 heavy (non-hydrogen) atoms. The van der Waals surface area contributed by atoms with Crippen molar-refractivity contribution >= 4 is 33.7 Å². The van der Waals surface area contributed by atoms with Crippen LogP contribution in [0.3, 0.4) is 0 Å². The van der Waals surface area contributed by atoms with Crippen LogP contribution in [-0.4, -0.2) is 29.8 Å². The van der Waals surface area contributed by atoms with Crippen LogP contribution in [-0.2, 0) is 4.79 Å². The molecule has 1 atom stereocenters. The van der Waals surface area contributed by atoms with E-state index in [2.05, 4.69) is 26.5 Å². The van der Waals surface area contributed by atoms with Gasteiger partial charge in [0, 0.05) is 10.5 Å². The topological polar surface area (TPSA) is 126 Å². The largest absolute Gasteiger partial charge is 0.867 e. The van der Waals surface area contributed by atoms with Crippen molar-refractivity contribution in [3.63, 3.8) is 0 Å². The maximum Gasteiger partial charge on any atom is 0.284 e. The Morgan fingerprint density at radius 3 is 2.81 bits per heavy atom. The molecule has 1 N–H and O–H groups in total. The molecular formula is C16H11BrN3O6-. The third-order valence-electron chi connectivity index (χ3n) is 3.44. The quantitative estimate of drug-likeness (QED) is 0.455. The number of hydrogen-bond donors (Lipinski definition) is 1. The summed E-state index contributed by atoms with van der Waals surface area (Å²) in [5, 5.41) is 26.5. The van der Waals surface area contributed by atoms with E-state index in [1.54, 1.807) is 24.3 Å². The minimum absolute atomic E-state index is 0.00747. The number of ether oxygens (including phenoxy) is 2. The van der Waals surface area contributed by atoms with Crippen LogP contribution in [0.4, 0.5) is 5.69 Å². The Kier molecular flexibility index (Phi) is 5.03. The van der Waals surface area contributed by atoms with Gasteiger partial charge in [0.25, 0.3) is 11.6 Å². The lowest BCUT2D eigenvalue weighted by atomic mass is 10.2. The highest BCUT2D eigenvalue weighted by Crippen LogP contribution is 2.31. The molecule has 3 rings (SSSR count). The van der Waals surface area contributed by atoms with Gasteiger partial charge in [-0.1, -0.05) is 28.1 Å². The van der Waals surface area contributed by atoms with E-state index in [-0.39, 0.29) is 12.2 Å². The number of rotatable bonds is 4. The van der Waals surface area contributed by atoms with Gasteiger partial charge < -0.3 is 14.6 Å². The molecule has 1 aliphatic rings. The first kappa shape index (κ1) is 17.7. The van der Waals surface area contributed by atoms with Crippen molar-refractivity contribution in [3.05, 3.63) is 56.5 Å². The summed E-state index contributed by atoms with van der Waals surface area (Å²) in [5.74, 6) is -0.403. The molecule has 10 heteroatoms. The zero-order valence-electron chi connectivity index (χ0n) is 13.0. The van der Waals surface area contributed by atoms with Gasteiger partial charge in [0.15, 0.2) is 11.5 Å². The molecule has 2 aromatic rings. The smallest absolute Gasteiger partial charge is 0.284 e. The average molecular weight is 421 g/mol. The number of fused-ring (bicyclic) bond motifs is 1. The second kappa shape index (κ2) is 7.40. The van der Waals surface area contributed by atoms with Gasteiger partial charge in [0.2, 0.25) is 6.10 Å². The van der Waals surface area contributed by atoms with Gasteiger partial charge in [0.05, 0.1) is 11.1 Å². The highest BCUT2D eigenvalue weighted by atomic mass is 79.9. The summed E-state index contributed by atoms with van der Waals surface area (Å²) in [5.41, 5.74) is 1.59. The number of halogens is 1. The van der Waals surface area contributed by atoms with E-state index in [1.165, 1.54) is 6.07 Å². The summed E-state index contributed by atoms with van der Waals surface area (Å²) >= 11 is 3.09. The molecule has 0 saturated carbocycles. The van der Waals surface area contributed by atoms with E-state index in [0.29, 0.717) is 16.0 Å². The van der Waals surface area contributed by atoms with E-state index in [1.807, 2.05) is 0 Å². The summed E-state index contributed by atoms with van der Waals surface area (Å²) in [7, 11) is 0. The van der Waals surface area contributed by atoms with Crippen LogP contribution in [0.15, 0.2) is 46.0 Å². The second-order valence-electron chi connectivity index (χ2n) is 5.20. The highest BCUT2D eigenvalue weighted by Gasteiger charge is 2.27. The number of carbonyl (C=O) groups excluding carboxylic acids is 1. The van der Waals surface area contributed by atoms with Crippen LogP contribution < -0.4 is 20.0 Å². The summed E-state index contributed by atoms with van der Waals surface area (Å²) in [6, 6.07) is 9.38. The van der Waals surface area contributed by atoms with Crippen LogP contribution in [0.2, 0.25) is 0 Å². The molecule has 134 valence electrons. The fraction of sp³-hybridized carbons (Fsp3) is 0.125. The molecule has 0 unspecified atom stereocenters. The Labute approximate surface area is 155 Å². The molecule has 1 heterocycles. The van der Waals surface area contributed by atoms with Crippen molar-refractivity contribution in [2.24, 2.45) is 5.10 Å². The van der Waals surface area contributed by atoms with E-state index in [9.17, 15) is 20.0 Å². The van der Waals surface area contributed by atoms with Crippen LogP contribution >= 0.6 is 15.9 Å². The number of hydrogen-bond acceptors (Lipinski definition) is 7. The number of benzene rings is 2. The Balaban J connectivity index is 1.68. The van der Waals surface area contributed by atoms with Gasteiger partial charge in [-0.05, 0) is 29.5 Å². The van der Waals surface area contributed by atoms with Crippen LogP contribution in [0.25, 0.3) is 0 Å². The lowest BCUT2D eigenvalue weighted by molar-refractivity contribution is -0.398. The van der Waals surface area contributed by atoms with Crippen molar-refractivity contribution in [1.29, 1.82) is 0 Å². The molecule has 0 radical (unpaired) electrons. The number of nitro groups is 1. The van der Waals surface area contributed by atoms with E-state index < -0.39 is 28.4 Å². The molecule has 1 aliphatic heterocycles. The molecule has 0 aromatic heterocycles. The van der Waals surface area contributed by atoms with Gasteiger partial charge in [-0.3, -0.25) is 14.9 Å².